The Kier molecular flexibility index (Phi) is 5.03. The lowest BCUT2D eigenvalue weighted by molar-refractivity contribution is -0.131. The molecule has 1 aliphatic heterocycles. The van der Waals surface area contributed by atoms with Crippen LogP contribution in [-0.2, 0) is 9.59 Å². The monoisotopic (exact) mass is 335 g/mol. The summed E-state index contributed by atoms with van der Waals surface area (Å²) in [5.74, 6) is -0.241. The molecule has 2 aromatic carbocycles. The van der Waals surface area contributed by atoms with E-state index in [1.807, 2.05) is 36.9 Å². The van der Waals surface area contributed by atoms with Crippen LogP contribution in [0.1, 0.15) is 45.6 Å². The number of carbonyl (C=O) groups excluding carboxylic acids is 2. The van der Waals surface area contributed by atoms with Crippen molar-refractivity contribution in [2.45, 2.75) is 46.1 Å². The number of benzene rings is 2. The molecule has 130 valence electrons. The Bertz CT molecular complexity index is 835. The van der Waals surface area contributed by atoms with E-state index in [-0.39, 0.29) is 17.9 Å². The zero-order chi connectivity index (χ0) is 18.0. The fraction of sp³-hybridized carbons (Fsp3) is 0.364. The molecule has 0 bridgehead atoms. The third kappa shape index (κ3) is 3.11. The van der Waals surface area contributed by atoms with Crippen molar-refractivity contribution in [2.24, 2.45) is 5.92 Å². The first kappa shape index (κ1) is 17.4. The van der Waals surface area contributed by atoms with Gasteiger partial charge in [0.05, 0.1) is 11.6 Å². The second kappa shape index (κ2) is 7.22. The lowest BCUT2D eigenvalue weighted by Crippen LogP contribution is -2.34. The Hall–Kier alpha value is -2.42. The Labute approximate surface area is 149 Å². The minimum Gasteiger partial charge on any atom is -0.308 e. The second-order valence-electron chi connectivity index (χ2n) is 6.98. The fourth-order valence-corrected chi connectivity index (χ4v) is 3.70. The van der Waals surface area contributed by atoms with Gasteiger partial charge >= 0.3 is 0 Å². The molecule has 1 amide bonds. The third-order valence-electron chi connectivity index (χ3n) is 4.94. The molecule has 0 N–H and O–H groups in total. The molecule has 0 saturated heterocycles. The minimum atomic E-state index is -0.304. The molecule has 25 heavy (non-hydrogen) atoms. The van der Waals surface area contributed by atoms with E-state index in [0.29, 0.717) is 5.57 Å². The summed E-state index contributed by atoms with van der Waals surface area (Å²) in [6.45, 7) is 6.11. The third-order valence-corrected chi connectivity index (χ3v) is 4.94. The van der Waals surface area contributed by atoms with Gasteiger partial charge in [0.25, 0.3) is 0 Å². The first-order valence-electron chi connectivity index (χ1n) is 9.10. The number of fused-ring (bicyclic) bond motifs is 1. The Morgan fingerprint density at radius 3 is 2.48 bits per heavy atom. The van der Waals surface area contributed by atoms with E-state index in [0.717, 1.165) is 47.6 Å². The number of aldehydes is 1. The summed E-state index contributed by atoms with van der Waals surface area (Å²) in [6.07, 6.45) is 3.60. The van der Waals surface area contributed by atoms with Crippen LogP contribution in [0.15, 0.2) is 48.0 Å². The molecular weight excluding hydrogens is 310 g/mol. The van der Waals surface area contributed by atoms with E-state index in [2.05, 4.69) is 31.2 Å². The average molecular weight is 335 g/mol. The Morgan fingerprint density at radius 1 is 1.12 bits per heavy atom. The van der Waals surface area contributed by atoms with Crippen molar-refractivity contribution in [3.05, 3.63) is 53.6 Å². The van der Waals surface area contributed by atoms with Gasteiger partial charge in [-0.3, -0.25) is 9.59 Å². The van der Waals surface area contributed by atoms with E-state index in [4.69, 9.17) is 0 Å². The van der Waals surface area contributed by atoms with Crippen molar-refractivity contribution in [3.63, 3.8) is 0 Å². The molecule has 3 heteroatoms. The van der Waals surface area contributed by atoms with Crippen molar-refractivity contribution in [2.75, 3.05) is 0 Å². The molecule has 0 aliphatic carbocycles. The van der Waals surface area contributed by atoms with Gasteiger partial charge < -0.3 is 4.90 Å². The molecule has 1 heterocycles. The fourth-order valence-electron chi connectivity index (χ4n) is 3.70. The van der Waals surface area contributed by atoms with Gasteiger partial charge in [0.2, 0.25) is 5.91 Å². The highest BCUT2D eigenvalue weighted by atomic mass is 16.2. The topological polar surface area (TPSA) is 37.4 Å². The molecule has 1 unspecified atom stereocenters. The maximum atomic E-state index is 13.0. The van der Waals surface area contributed by atoms with Gasteiger partial charge in [-0.1, -0.05) is 56.2 Å². The average Bonchev–Trinajstić information content (AvgIpc) is 2.91. The van der Waals surface area contributed by atoms with Crippen LogP contribution >= 0.6 is 0 Å². The molecule has 0 radical (unpaired) electrons. The van der Waals surface area contributed by atoms with E-state index in [1.165, 1.54) is 0 Å². The zero-order valence-corrected chi connectivity index (χ0v) is 15.2. The number of hydrogen-bond acceptors (Lipinski definition) is 2. The highest BCUT2D eigenvalue weighted by Crippen LogP contribution is 2.39. The normalized spacial score (nSPS) is 17.8. The van der Waals surface area contributed by atoms with E-state index >= 15 is 0 Å². The molecule has 1 aliphatic rings. The highest BCUT2D eigenvalue weighted by molar-refractivity contribution is 6.07. The molecule has 3 nitrogen and oxygen atoms in total. The van der Waals surface area contributed by atoms with Crippen LogP contribution in [0.4, 0.5) is 0 Å². The largest absolute Gasteiger partial charge is 0.308 e. The Morgan fingerprint density at radius 2 is 1.84 bits per heavy atom. The van der Waals surface area contributed by atoms with Gasteiger partial charge in [-0.05, 0) is 42.7 Å². The SMILES string of the molecule is CCCCC1C(=O)N(C(C)C)C(c2ccc3ccccc3c2)=C1C=O. The van der Waals surface area contributed by atoms with Gasteiger partial charge in [-0.25, -0.2) is 0 Å². The summed E-state index contributed by atoms with van der Waals surface area (Å²) in [5, 5.41) is 2.27. The van der Waals surface area contributed by atoms with Crippen LogP contribution in [0.5, 0.6) is 0 Å². The number of carbonyl (C=O) groups is 2. The summed E-state index contributed by atoms with van der Waals surface area (Å²) in [4.78, 5) is 26.7. The lowest BCUT2D eigenvalue weighted by Gasteiger charge is -2.26. The van der Waals surface area contributed by atoms with Crippen molar-refractivity contribution in [1.29, 1.82) is 0 Å². The minimum absolute atomic E-state index is 0.0237. The van der Waals surface area contributed by atoms with Gasteiger partial charge in [0.1, 0.15) is 6.29 Å². The molecule has 0 fully saturated rings. The number of unbranched alkanes of at least 4 members (excludes halogenated alkanes) is 1. The first-order chi connectivity index (χ1) is 12.1. The summed E-state index contributed by atoms with van der Waals surface area (Å²) in [6, 6.07) is 14.3. The highest BCUT2D eigenvalue weighted by Gasteiger charge is 2.40. The quantitative estimate of drug-likeness (QED) is 0.711. The maximum Gasteiger partial charge on any atom is 0.234 e. The molecule has 0 spiro atoms. The van der Waals surface area contributed by atoms with E-state index < -0.39 is 0 Å². The van der Waals surface area contributed by atoms with Gasteiger partial charge in [0, 0.05) is 11.6 Å². The molecule has 0 saturated carbocycles. The number of rotatable bonds is 6. The predicted octanol–water partition coefficient (Wildman–Crippen LogP) is 4.81. The van der Waals surface area contributed by atoms with Crippen molar-refractivity contribution in [3.8, 4) is 0 Å². The van der Waals surface area contributed by atoms with Crippen LogP contribution in [0.3, 0.4) is 0 Å². The summed E-state index contributed by atoms with van der Waals surface area (Å²) in [5.41, 5.74) is 2.38. The summed E-state index contributed by atoms with van der Waals surface area (Å²) < 4.78 is 0. The molecule has 0 aromatic heterocycles. The number of hydrogen-bond donors (Lipinski definition) is 0. The molecule has 2 aromatic rings. The number of nitrogens with zero attached hydrogens (tertiary/aromatic N) is 1. The summed E-state index contributed by atoms with van der Waals surface area (Å²) >= 11 is 0. The maximum absolute atomic E-state index is 13.0. The van der Waals surface area contributed by atoms with Gasteiger partial charge in [-0.15, -0.1) is 0 Å². The van der Waals surface area contributed by atoms with Crippen LogP contribution in [0.25, 0.3) is 16.5 Å². The predicted molar refractivity (Wildman–Crippen MR) is 102 cm³/mol. The van der Waals surface area contributed by atoms with Crippen molar-refractivity contribution < 1.29 is 9.59 Å². The first-order valence-corrected chi connectivity index (χ1v) is 9.10. The zero-order valence-electron chi connectivity index (χ0n) is 15.2. The van der Waals surface area contributed by atoms with Crippen molar-refractivity contribution in [1.82, 2.24) is 4.90 Å². The van der Waals surface area contributed by atoms with Crippen LogP contribution in [0.2, 0.25) is 0 Å². The number of amides is 1. The molecular formula is C22H25NO2. The standard InChI is InChI=1S/C22H25NO2/c1-4-5-10-19-20(14-24)21(23(15(2)3)22(19)25)18-12-11-16-8-6-7-9-17(16)13-18/h6-9,11-15,19H,4-5,10H2,1-3H3. The lowest BCUT2D eigenvalue weighted by atomic mass is 9.93. The molecule has 3 rings (SSSR count). The van der Waals surface area contributed by atoms with Gasteiger partial charge in [0.15, 0.2) is 0 Å². The molecule has 1 atom stereocenters. The van der Waals surface area contributed by atoms with E-state index in [1.54, 1.807) is 0 Å². The van der Waals surface area contributed by atoms with Crippen LogP contribution < -0.4 is 0 Å². The van der Waals surface area contributed by atoms with Crippen LogP contribution in [0, 0.1) is 5.92 Å². The van der Waals surface area contributed by atoms with Crippen LogP contribution in [-0.4, -0.2) is 23.1 Å². The summed E-state index contributed by atoms with van der Waals surface area (Å²) in [7, 11) is 0. The second-order valence-corrected chi connectivity index (χ2v) is 6.98. The smallest absolute Gasteiger partial charge is 0.234 e. The van der Waals surface area contributed by atoms with Crippen molar-refractivity contribution >= 4 is 28.7 Å². The Balaban J connectivity index is 2.15. The van der Waals surface area contributed by atoms with Gasteiger partial charge in [-0.2, -0.15) is 0 Å². The van der Waals surface area contributed by atoms with E-state index in [9.17, 15) is 9.59 Å².